The van der Waals surface area contributed by atoms with E-state index in [9.17, 15) is 9.59 Å². The summed E-state index contributed by atoms with van der Waals surface area (Å²) >= 11 is 0. The quantitative estimate of drug-likeness (QED) is 0.874. The molecule has 2 heterocycles. The maximum absolute atomic E-state index is 11.9. The van der Waals surface area contributed by atoms with Crippen molar-refractivity contribution in [3.05, 3.63) is 17.3 Å². The second-order valence-corrected chi connectivity index (χ2v) is 5.28. The number of methoxy groups -OCH3 is 3. The molecule has 0 saturated heterocycles. The molecule has 1 amide bonds. The van der Waals surface area contributed by atoms with Crippen LogP contribution < -0.4 is 14.4 Å². The summed E-state index contributed by atoms with van der Waals surface area (Å²) in [6, 6.07) is 1.73. The number of ether oxygens (including phenoxy) is 3. The Labute approximate surface area is 133 Å². The van der Waals surface area contributed by atoms with Crippen molar-refractivity contribution in [2.24, 2.45) is 0 Å². The minimum absolute atomic E-state index is 0.0628. The topological polar surface area (TPSA) is 80.9 Å². The maximum Gasteiger partial charge on any atom is 0.354 e. The third kappa shape index (κ3) is 2.11. The van der Waals surface area contributed by atoms with Crippen LogP contribution in [0.1, 0.15) is 23.0 Å². The van der Waals surface area contributed by atoms with Crippen LogP contribution in [0, 0.1) is 0 Å². The van der Waals surface area contributed by atoms with Gasteiger partial charge in [0.15, 0.2) is 11.5 Å². The lowest BCUT2D eigenvalue weighted by Gasteiger charge is -2.20. The maximum atomic E-state index is 11.9. The fraction of sp³-hybridized carbons (Fsp3) is 0.375. The highest BCUT2D eigenvalue weighted by molar-refractivity contribution is 6.07. The zero-order valence-corrected chi connectivity index (χ0v) is 13.5. The predicted octanol–water partition coefficient (Wildman–Crippen LogP) is 1.88. The number of nitrogens with zero attached hydrogens (tertiary/aromatic N) is 1. The van der Waals surface area contributed by atoms with Gasteiger partial charge in [-0.2, -0.15) is 0 Å². The fourth-order valence-corrected chi connectivity index (χ4v) is 3.15. The van der Waals surface area contributed by atoms with Crippen LogP contribution in [-0.4, -0.2) is 44.7 Å². The average molecular weight is 318 g/mol. The number of nitrogens with one attached hydrogen (secondary N) is 1. The number of hydrogen-bond acceptors (Lipinski definition) is 5. The van der Waals surface area contributed by atoms with Gasteiger partial charge in [0.1, 0.15) is 5.69 Å². The minimum atomic E-state index is -0.461. The Hall–Kier alpha value is -2.70. The number of aromatic nitrogens is 1. The lowest BCUT2D eigenvalue weighted by atomic mass is 10.1. The number of anilines is 1. The first-order valence-electron chi connectivity index (χ1n) is 7.19. The predicted molar refractivity (Wildman–Crippen MR) is 84.5 cm³/mol. The van der Waals surface area contributed by atoms with Crippen LogP contribution in [0.5, 0.6) is 11.5 Å². The van der Waals surface area contributed by atoms with Crippen LogP contribution in [0.2, 0.25) is 0 Å². The molecule has 3 rings (SSSR count). The summed E-state index contributed by atoms with van der Waals surface area (Å²) in [5.74, 6) is 0.426. The first-order valence-corrected chi connectivity index (χ1v) is 7.19. The van der Waals surface area contributed by atoms with Crippen molar-refractivity contribution in [3.8, 4) is 11.5 Å². The molecule has 7 heteroatoms. The van der Waals surface area contributed by atoms with Crippen LogP contribution in [0.3, 0.4) is 0 Å². The number of carbonyl (C=O) groups is 2. The number of rotatable bonds is 3. The Bertz CT molecular complexity index is 809. The SMILES string of the molecule is COC(=O)c1cc2c3c(c(OC)c(OC)c2[nH]1)N(C(C)=O)CC3. The highest BCUT2D eigenvalue weighted by atomic mass is 16.5. The third-order valence-corrected chi connectivity index (χ3v) is 4.13. The van der Waals surface area contributed by atoms with Crippen LogP contribution in [0.4, 0.5) is 5.69 Å². The molecule has 23 heavy (non-hydrogen) atoms. The fourth-order valence-electron chi connectivity index (χ4n) is 3.15. The molecule has 0 fully saturated rings. The van der Waals surface area contributed by atoms with Crippen molar-refractivity contribution in [3.63, 3.8) is 0 Å². The van der Waals surface area contributed by atoms with E-state index in [1.54, 1.807) is 11.0 Å². The van der Waals surface area contributed by atoms with Crippen molar-refractivity contribution in [1.29, 1.82) is 0 Å². The number of aromatic amines is 1. The molecule has 122 valence electrons. The Morgan fingerprint density at radius 2 is 1.87 bits per heavy atom. The van der Waals surface area contributed by atoms with Gasteiger partial charge in [-0.25, -0.2) is 4.79 Å². The second kappa shape index (κ2) is 5.49. The normalized spacial score (nSPS) is 13.1. The number of fused-ring (bicyclic) bond motifs is 3. The molecule has 0 spiro atoms. The molecule has 0 atom stereocenters. The van der Waals surface area contributed by atoms with Gasteiger partial charge in [-0.3, -0.25) is 4.79 Å². The van der Waals surface area contributed by atoms with E-state index in [1.807, 2.05) is 0 Å². The lowest BCUT2D eigenvalue weighted by molar-refractivity contribution is -0.116. The van der Waals surface area contributed by atoms with Crippen LogP contribution in [-0.2, 0) is 16.0 Å². The van der Waals surface area contributed by atoms with Crippen molar-refractivity contribution >= 4 is 28.5 Å². The van der Waals surface area contributed by atoms with E-state index in [0.717, 1.165) is 10.9 Å². The number of esters is 1. The first-order chi connectivity index (χ1) is 11.0. The van der Waals surface area contributed by atoms with Crippen molar-refractivity contribution < 1.29 is 23.8 Å². The van der Waals surface area contributed by atoms with Gasteiger partial charge in [-0.05, 0) is 18.1 Å². The van der Waals surface area contributed by atoms with Gasteiger partial charge in [0.2, 0.25) is 5.91 Å². The minimum Gasteiger partial charge on any atom is -0.491 e. The average Bonchev–Trinajstić information content (AvgIpc) is 3.16. The summed E-state index contributed by atoms with van der Waals surface area (Å²) in [6.07, 6.45) is 0.685. The Kier molecular flexibility index (Phi) is 3.63. The molecule has 7 nitrogen and oxygen atoms in total. The van der Waals surface area contributed by atoms with E-state index in [2.05, 4.69) is 4.98 Å². The Morgan fingerprint density at radius 1 is 1.17 bits per heavy atom. The van der Waals surface area contributed by atoms with Crippen molar-refractivity contribution in [2.75, 3.05) is 32.8 Å². The zero-order chi connectivity index (χ0) is 16.7. The second-order valence-electron chi connectivity index (χ2n) is 5.28. The Balaban J connectivity index is 2.36. The molecule has 1 aromatic carbocycles. The molecule has 1 N–H and O–H groups in total. The zero-order valence-electron chi connectivity index (χ0n) is 13.5. The van der Waals surface area contributed by atoms with Gasteiger partial charge >= 0.3 is 5.97 Å². The summed E-state index contributed by atoms with van der Waals surface area (Å²) in [6.45, 7) is 2.09. The number of benzene rings is 1. The highest BCUT2D eigenvalue weighted by Gasteiger charge is 2.32. The highest BCUT2D eigenvalue weighted by Crippen LogP contribution is 2.49. The largest absolute Gasteiger partial charge is 0.491 e. The van der Waals surface area contributed by atoms with Gasteiger partial charge in [0.05, 0.1) is 32.5 Å². The van der Waals surface area contributed by atoms with E-state index in [1.165, 1.54) is 28.3 Å². The summed E-state index contributed by atoms with van der Waals surface area (Å²) in [4.78, 5) is 28.4. The molecule has 0 unspecified atom stereocenters. The van der Waals surface area contributed by atoms with Gasteiger partial charge in [-0.15, -0.1) is 0 Å². The number of carbonyl (C=O) groups excluding carboxylic acids is 2. The molecule has 0 aliphatic carbocycles. The molecule has 0 bridgehead atoms. The number of H-pyrrole nitrogens is 1. The summed E-state index contributed by atoms with van der Waals surface area (Å²) in [5.41, 5.74) is 2.66. The summed E-state index contributed by atoms with van der Waals surface area (Å²) in [7, 11) is 4.38. The third-order valence-electron chi connectivity index (χ3n) is 4.13. The number of amides is 1. The van der Waals surface area contributed by atoms with Gasteiger partial charge in [0.25, 0.3) is 0 Å². The van der Waals surface area contributed by atoms with E-state index in [4.69, 9.17) is 14.2 Å². The standard InChI is InChI=1S/C16H18N2O5/c1-8(19)18-6-5-9-10-7-11(16(20)23-4)17-12(10)14(21-2)15(22-3)13(9)18/h7,17H,5-6H2,1-4H3. The molecule has 1 aromatic heterocycles. The van der Waals surface area contributed by atoms with Gasteiger partial charge < -0.3 is 24.1 Å². The smallest absolute Gasteiger partial charge is 0.354 e. The summed E-state index contributed by atoms with van der Waals surface area (Å²) in [5, 5.41) is 0.835. The number of hydrogen-bond donors (Lipinski definition) is 1. The van der Waals surface area contributed by atoms with Crippen molar-refractivity contribution in [1.82, 2.24) is 4.98 Å². The van der Waals surface area contributed by atoms with Crippen LogP contribution in [0.15, 0.2) is 6.07 Å². The molecule has 1 aliphatic rings. The van der Waals surface area contributed by atoms with Crippen LogP contribution in [0.25, 0.3) is 10.9 Å². The molecule has 2 aromatic rings. The molecular weight excluding hydrogens is 300 g/mol. The van der Waals surface area contributed by atoms with E-state index >= 15 is 0 Å². The lowest BCUT2D eigenvalue weighted by Crippen LogP contribution is -2.26. The first kappa shape index (κ1) is 15.2. The van der Waals surface area contributed by atoms with Gasteiger partial charge in [-0.1, -0.05) is 0 Å². The van der Waals surface area contributed by atoms with Gasteiger partial charge in [0, 0.05) is 18.9 Å². The molecular formula is C16H18N2O5. The molecule has 0 radical (unpaired) electrons. The van der Waals surface area contributed by atoms with Crippen molar-refractivity contribution in [2.45, 2.75) is 13.3 Å². The molecule has 1 aliphatic heterocycles. The summed E-state index contributed by atoms with van der Waals surface area (Å²) < 4.78 is 15.8. The van der Waals surface area contributed by atoms with E-state index < -0.39 is 5.97 Å². The van der Waals surface area contributed by atoms with Crippen LogP contribution >= 0.6 is 0 Å². The monoisotopic (exact) mass is 318 g/mol. The molecule has 0 saturated carbocycles. The van der Waals surface area contributed by atoms with E-state index in [-0.39, 0.29) is 5.91 Å². The Morgan fingerprint density at radius 3 is 2.43 bits per heavy atom. The van der Waals surface area contributed by atoms with E-state index in [0.29, 0.717) is 41.4 Å².